The molecule has 2 aliphatic rings. The van der Waals surface area contributed by atoms with Crippen LogP contribution < -0.4 is 0 Å². The first-order valence-corrected chi connectivity index (χ1v) is 12.2. The van der Waals surface area contributed by atoms with Crippen LogP contribution in [0.2, 0.25) is 0 Å². The minimum absolute atomic E-state index is 0.0529. The zero-order valence-electron chi connectivity index (χ0n) is 17.0. The Morgan fingerprint density at radius 1 is 1.07 bits per heavy atom. The fourth-order valence-electron chi connectivity index (χ4n) is 3.94. The molecule has 1 amide bonds. The first-order valence-electron chi connectivity index (χ1n) is 10.3. The smallest absolute Gasteiger partial charge is 0.223 e. The van der Waals surface area contributed by atoms with Crippen LogP contribution in [-0.2, 0) is 19.4 Å². The van der Waals surface area contributed by atoms with Crippen molar-refractivity contribution in [2.75, 3.05) is 19.4 Å². The van der Waals surface area contributed by atoms with Crippen LogP contribution in [0.5, 0.6) is 0 Å². The number of halogens is 1. The summed E-state index contributed by atoms with van der Waals surface area (Å²) < 4.78 is 43.6. The van der Waals surface area contributed by atoms with Gasteiger partial charge in [-0.15, -0.1) is 0 Å². The Hall–Kier alpha value is -2.25. The molecule has 0 radical (unpaired) electrons. The van der Waals surface area contributed by atoms with Gasteiger partial charge in [-0.2, -0.15) is 0 Å². The summed E-state index contributed by atoms with van der Waals surface area (Å²) in [6.45, 7) is 1.20. The largest absolute Gasteiger partial charge is 0.371 e. The van der Waals surface area contributed by atoms with E-state index in [0.29, 0.717) is 25.5 Å². The Bertz CT molecular complexity index is 1000. The number of sulfone groups is 1. The lowest BCUT2D eigenvalue weighted by atomic mass is 9.94. The second-order valence-electron chi connectivity index (χ2n) is 8.23. The van der Waals surface area contributed by atoms with Gasteiger partial charge in [0, 0.05) is 19.2 Å². The molecule has 0 bridgehead atoms. The molecule has 1 heterocycles. The van der Waals surface area contributed by atoms with Crippen LogP contribution >= 0.6 is 0 Å². The number of amides is 1. The van der Waals surface area contributed by atoms with Crippen molar-refractivity contribution in [3.05, 3.63) is 65.5 Å². The highest BCUT2D eigenvalue weighted by molar-refractivity contribution is 7.90. The maximum Gasteiger partial charge on any atom is 0.223 e. The predicted molar refractivity (Wildman–Crippen MR) is 111 cm³/mol. The molecule has 5 nitrogen and oxygen atoms in total. The number of ether oxygens (including phenoxy) is 1. The third-order valence-electron chi connectivity index (χ3n) is 5.79. The maximum atomic E-state index is 13.6. The number of hydrogen-bond donors (Lipinski definition) is 0. The molecule has 1 unspecified atom stereocenters. The van der Waals surface area contributed by atoms with Crippen LogP contribution in [0.25, 0.3) is 0 Å². The van der Waals surface area contributed by atoms with Gasteiger partial charge < -0.3 is 9.64 Å². The summed E-state index contributed by atoms with van der Waals surface area (Å²) in [5.41, 5.74) is 1.61. The molecule has 4 rings (SSSR count). The van der Waals surface area contributed by atoms with Crippen molar-refractivity contribution < 1.29 is 22.3 Å². The molecule has 0 N–H and O–H groups in total. The predicted octanol–water partition coefficient (Wildman–Crippen LogP) is 4.06. The van der Waals surface area contributed by atoms with Gasteiger partial charge in [-0.05, 0) is 60.6 Å². The normalized spacial score (nSPS) is 19.1. The summed E-state index contributed by atoms with van der Waals surface area (Å²) >= 11 is 0. The molecule has 1 aliphatic carbocycles. The highest BCUT2D eigenvalue weighted by Gasteiger charge is 2.37. The zero-order chi connectivity index (χ0) is 21.3. The Morgan fingerprint density at radius 3 is 2.23 bits per heavy atom. The summed E-state index contributed by atoms with van der Waals surface area (Å²) in [6.07, 6.45) is 4.23. The van der Waals surface area contributed by atoms with E-state index in [0.717, 1.165) is 30.4 Å². The van der Waals surface area contributed by atoms with Crippen LogP contribution in [0.3, 0.4) is 0 Å². The number of carbonyl (C=O) groups excluding carboxylic acids is 1. The Kier molecular flexibility index (Phi) is 5.93. The van der Waals surface area contributed by atoms with Crippen LogP contribution in [-0.4, -0.2) is 38.6 Å². The fraction of sp³-hybridized carbons (Fsp3) is 0.435. The maximum absolute atomic E-state index is 13.6. The van der Waals surface area contributed by atoms with Gasteiger partial charge in [0.1, 0.15) is 11.9 Å². The number of carbonyl (C=O) groups is 1. The standard InChI is InChI=1S/C23H26FNO4S/c1-30(27,28)20-12-8-18(9-13-20)23(29-15-16-4-5-16)22(25-14-2-3-21(25)26)17-6-10-19(24)11-7-17/h6-13,16,22-23H,2-5,14-15H2,1H3/t22?,23-/m0/s1. The van der Waals surface area contributed by atoms with Gasteiger partial charge in [-0.3, -0.25) is 4.79 Å². The van der Waals surface area contributed by atoms with Crippen molar-refractivity contribution in [1.82, 2.24) is 4.90 Å². The molecular formula is C23H26FNO4S. The Labute approximate surface area is 176 Å². The summed E-state index contributed by atoms with van der Waals surface area (Å²) in [4.78, 5) is 14.7. The average Bonchev–Trinajstić information content (AvgIpc) is 3.45. The molecular weight excluding hydrogens is 405 g/mol. The number of benzene rings is 2. The third kappa shape index (κ3) is 4.73. The van der Waals surface area contributed by atoms with Crippen LogP contribution in [0, 0.1) is 11.7 Å². The first kappa shape index (κ1) is 21.0. The van der Waals surface area contributed by atoms with E-state index < -0.39 is 22.0 Å². The van der Waals surface area contributed by atoms with Gasteiger partial charge >= 0.3 is 0 Å². The molecule has 0 spiro atoms. The summed E-state index contributed by atoms with van der Waals surface area (Å²) in [5.74, 6) is 0.237. The van der Waals surface area contributed by atoms with Gasteiger partial charge in [0.25, 0.3) is 0 Å². The number of rotatable bonds is 8. The van der Waals surface area contributed by atoms with E-state index in [4.69, 9.17) is 4.74 Å². The minimum atomic E-state index is -3.31. The van der Waals surface area contributed by atoms with Crippen molar-refractivity contribution in [2.24, 2.45) is 5.92 Å². The molecule has 30 heavy (non-hydrogen) atoms. The van der Waals surface area contributed by atoms with E-state index >= 15 is 0 Å². The summed E-state index contributed by atoms with van der Waals surface area (Å²) in [6, 6.07) is 12.5. The molecule has 7 heteroatoms. The first-order chi connectivity index (χ1) is 14.3. The van der Waals surface area contributed by atoms with Crippen molar-refractivity contribution in [1.29, 1.82) is 0 Å². The zero-order valence-corrected chi connectivity index (χ0v) is 17.8. The van der Waals surface area contributed by atoms with Crippen molar-refractivity contribution >= 4 is 15.7 Å². The molecule has 160 valence electrons. The quantitative estimate of drug-likeness (QED) is 0.632. The van der Waals surface area contributed by atoms with E-state index in [-0.39, 0.29) is 16.6 Å². The molecule has 2 fully saturated rings. The molecule has 2 aromatic rings. The number of hydrogen-bond acceptors (Lipinski definition) is 4. The van der Waals surface area contributed by atoms with E-state index in [1.165, 1.54) is 18.4 Å². The van der Waals surface area contributed by atoms with E-state index in [9.17, 15) is 17.6 Å². The number of likely N-dealkylation sites (tertiary alicyclic amines) is 1. The van der Waals surface area contributed by atoms with E-state index in [1.807, 2.05) is 4.90 Å². The molecule has 0 aromatic heterocycles. The van der Waals surface area contributed by atoms with Gasteiger partial charge in [-0.25, -0.2) is 12.8 Å². The lowest BCUT2D eigenvalue weighted by Gasteiger charge is -2.35. The van der Waals surface area contributed by atoms with Crippen molar-refractivity contribution in [3.63, 3.8) is 0 Å². The highest BCUT2D eigenvalue weighted by Crippen LogP contribution is 2.41. The Morgan fingerprint density at radius 2 is 1.70 bits per heavy atom. The van der Waals surface area contributed by atoms with Crippen LogP contribution in [0.1, 0.15) is 49.0 Å². The van der Waals surface area contributed by atoms with E-state index in [1.54, 1.807) is 36.4 Å². The fourth-order valence-corrected chi connectivity index (χ4v) is 4.57. The average molecular weight is 432 g/mol. The van der Waals surface area contributed by atoms with Gasteiger partial charge in [0.2, 0.25) is 5.91 Å². The SMILES string of the molecule is CS(=O)(=O)c1ccc([C@H](OCC2CC2)C(c2ccc(F)cc2)N2CCCC2=O)cc1. The minimum Gasteiger partial charge on any atom is -0.371 e. The third-order valence-corrected chi connectivity index (χ3v) is 6.92. The van der Waals surface area contributed by atoms with Crippen LogP contribution in [0.4, 0.5) is 4.39 Å². The summed E-state index contributed by atoms with van der Waals surface area (Å²) in [7, 11) is -3.31. The van der Waals surface area contributed by atoms with Crippen molar-refractivity contribution in [3.8, 4) is 0 Å². The molecule has 2 aromatic carbocycles. The van der Waals surface area contributed by atoms with Gasteiger partial charge in [0.15, 0.2) is 9.84 Å². The highest BCUT2D eigenvalue weighted by atomic mass is 32.2. The molecule has 1 saturated carbocycles. The van der Waals surface area contributed by atoms with Gasteiger partial charge in [0.05, 0.1) is 17.5 Å². The van der Waals surface area contributed by atoms with E-state index in [2.05, 4.69) is 0 Å². The van der Waals surface area contributed by atoms with Crippen molar-refractivity contribution in [2.45, 2.75) is 42.7 Å². The second-order valence-corrected chi connectivity index (χ2v) is 10.2. The lowest BCUT2D eigenvalue weighted by molar-refractivity contribution is -0.133. The molecule has 1 aliphatic heterocycles. The lowest BCUT2D eigenvalue weighted by Crippen LogP contribution is -2.35. The topological polar surface area (TPSA) is 63.7 Å². The Balaban J connectivity index is 1.74. The van der Waals surface area contributed by atoms with Crippen LogP contribution in [0.15, 0.2) is 53.4 Å². The monoisotopic (exact) mass is 431 g/mol. The number of nitrogens with zero attached hydrogens (tertiary/aromatic N) is 1. The second kappa shape index (κ2) is 8.47. The molecule has 2 atom stereocenters. The molecule has 1 saturated heterocycles. The summed E-state index contributed by atoms with van der Waals surface area (Å²) in [5, 5.41) is 0. The van der Waals surface area contributed by atoms with Gasteiger partial charge in [-0.1, -0.05) is 24.3 Å².